The van der Waals surface area contributed by atoms with Crippen molar-refractivity contribution >= 4 is 38.8 Å². The number of benzene rings is 2. The van der Waals surface area contributed by atoms with Crippen molar-refractivity contribution in [3.05, 3.63) is 69.9 Å². The number of carboxylic acids is 1. The lowest BCUT2D eigenvalue weighted by Gasteiger charge is -2.28. The van der Waals surface area contributed by atoms with E-state index >= 15 is 0 Å². The van der Waals surface area contributed by atoms with Gasteiger partial charge in [-0.1, -0.05) is 36.4 Å². The summed E-state index contributed by atoms with van der Waals surface area (Å²) in [5.74, 6) is -1.05. The largest absolute Gasteiger partial charge is 0.477 e. The fraction of sp³-hybridized carbons (Fsp3) is 0.238. The molecule has 2 aromatic carbocycles. The second-order valence-electron chi connectivity index (χ2n) is 6.60. The Morgan fingerprint density at radius 1 is 1.21 bits per heavy atom. The standard InChI is InChI=1S/C21H19N3O3S/c1-23-18-16(17(22)15-7-6-13-4-2-3-5-14(13)12-15)19(21(25)26)28-20(18)24-8-10-27-11-9-24/h2-7,12,17H,8-11,22H2,(H,25,26). The highest BCUT2D eigenvalue weighted by Crippen LogP contribution is 2.47. The maximum atomic E-state index is 11.9. The molecule has 1 aliphatic heterocycles. The zero-order valence-corrected chi connectivity index (χ0v) is 15.9. The second kappa shape index (κ2) is 7.60. The Hall–Kier alpha value is -2.92. The summed E-state index contributed by atoms with van der Waals surface area (Å²) in [5, 5.41) is 12.6. The summed E-state index contributed by atoms with van der Waals surface area (Å²) in [6.07, 6.45) is 0. The average molecular weight is 393 g/mol. The van der Waals surface area contributed by atoms with Gasteiger partial charge in [0, 0.05) is 24.7 Å². The lowest BCUT2D eigenvalue weighted by atomic mass is 9.96. The van der Waals surface area contributed by atoms with E-state index in [1.165, 1.54) is 0 Å². The number of nitrogens with zero attached hydrogens (tertiary/aromatic N) is 2. The van der Waals surface area contributed by atoms with Crippen LogP contribution >= 0.6 is 11.3 Å². The summed E-state index contributed by atoms with van der Waals surface area (Å²) >= 11 is 1.13. The Kier molecular flexibility index (Phi) is 5.01. The molecule has 0 saturated carbocycles. The first kappa shape index (κ1) is 18.4. The normalized spacial score (nSPS) is 15.4. The molecule has 1 aromatic heterocycles. The molecule has 0 spiro atoms. The fourth-order valence-electron chi connectivity index (χ4n) is 3.53. The van der Waals surface area contributed by atoms with Crippen LogP contribution in [0.15, 0.2) is 42.5 Å². The molecule has 3 aromatic rings. The third-order valence-corrected chi connectivity index (χ3v) is 6.19. The molecule has 4 rings (SSSR count). The van der Waals surface area contributed by atoms with Crippen molar-refractivity contribution in [2.75, 3.05) is 31.2 Å². The highest BCUT2D eigenvalue weighted by Gasteiger charge is 2.30. The molecule has 3 N–H and O–H groups in total. The van der Waals surface area contributed by atoms with Crippen LogP contribution in [0.5, 0.6) is 0 Å². The number of morpholine rings is 1. The summed E-state index contributed by atoms with van der Waals surface area (Å²) in [7, 11) is 0. The molecule has 0 aliphatic carbocycles. The Labute approximate surface area is 166 Å². The van der Waals surface area contributed by atoms with E-state index in [4.69, 9.17) is 17.0 Å². The quantitative estimate of drug-likeness (QED) is 0.654. The average Bonchev–Trinajstić information content (AvgIpc) is 3.13. The van der Waals surface area contributed by atoms with Crippen LogP contribution in [0.1, 0.15) is 26.8 Å². The number of hydrogen-bond donors (Lipinski definition) is 2. The van der Waals surface area contributed by atoms with Gasteiger partial charge in [0.05, 0.1) is 24.8 Å². The smallest absolute Gasteiger partial charge is 0.344 e. The molecule has 0 bridgehead atoms. The van der Waals surface area contributed by atoms with Crippen LogP contribution in [-0.4, -0.2) is 37.4 Å². The lowest BCUT2D eigenvalue weighted by Crippen LogP contribution is -2.35. The summed E-state index contributed by atoms with van der Waals surface area (Å²) in [5.41, 5.74) is 8.04. The number of aromatic carboxylic acids is 1. The fourth-order valence-corrected chi connectivity index (χ4v) is 4.71. The minimum absolute atomic E-state index is 0.133. The maximum absolute atomic E-state index is 11.9. The van der Waals surface area contributed by atoms with Crippen LogP contribution in [0.2, 0.25) is 0 Å². The number of nitrogens with two attached hydrogens (primary N) is 1. The first-order valence-corrected chi connectivity index (χ1v) is 9.76. The summed E-state index contributed by atoms with van der Waals surface area (Å²) in [6.45, 7) is 10.1. The number of fused-ring (bicyclic) bond motifs is 1. The molecular formula is C21H19N3O3S. The molecular weight excluding hydrogens is 374 g/mol. The van der Waals surface area contributed by atoms with E-state index in [1.54, 1.807) is 0 Å². The van der Waals surface area contributed by atoms with Gasteiger partial charge in [0.15, 0.2) is 0 Å². The Morgan fingerprint density at radius 3 is 2.61 bits per heavy atom. The number of ether oxygens (including phenoxy) is 1. The van der Waals surface area contributed by atoms with Gasteiger partial charge >= 0.3 is 5.97 Å². The zero-order valence-electron chi connectivity index (χ0n) is 15.1. The van der Waals surface area contributed by atoms with Crippen LogP contribution < -0.4 is 10.6 Å². The predicted molar refractivity (Wildman–Crippen MR) is 111 cm³/mol. The van der Waals surface area contributed by atoms with Crippen LogP contribution in [-0.2, 0) is 4.74 Å². The van der Waals surface area contributed by atoms with Crippen molar-refractivity contribution in [1.82, 2.24) is 0 Å². The molecule has 2 heterocycles. The lowest BCUT2D eigenvalue weighted by molar-refractivity contribution is 0.0701. The molecule has 7 heteroatoms. The van der Waals surface area contributed by atoms with E-state index in [9.17, 15) is 9.90 Å². The molecule has 0 radical (unpaired) electrons. The number of carbonyl (C=O) groups is 1. The molecule has 1 fully saturated rings. The van der Waals surface area contributed by atoms with Crippen molar-refractivity contribution in [2.45, 2.75) is 6.04 Å². The third kappa shape index (κ3) is 3.22. The van der Waals surface area contributed by atoms with Crippen LogP contribution in [0.25, 0.3) is 15.6 Å². The van der Waals surface area contributed by atoms with Crippen molar-refractivity contribution in [3.63, 3.8) is 0 Å². The molecule has 1 aliphatic rings. The first-order valence-electron chi connectivity index (χ1n) is 8.94. The van der Waals surface area contributed by atoms with Crippen LogP contribution in [0.3, 0.4) is 0 Å². The molecule has 142 valence electrons. The van der Waals surface area contributed by atoms with Gasteiger partial charge in [-0.3, -0.25) is 0 Å². The number of carboxylic acid groups (broad SMARTS) is 1. The highest BCUT2D eigenvalue weighted by molar-refractivity contribution is 7.18. The van der Waals surface area contributed by atoms with Gasteiger partial charge in [-0.25, -0.2) is 9.64 Å². The van der Waals surface area contributed by atoms with Crippen LogP contribution in [0, 0.1) is 6.57 Å². The van der Waals surface area contributed by atoms with Gasteiger partial charge in [-0.2, -0.15) is 0 Å². The molecule has 1 atom stereocenters. The first-order chi connectivity index (χ1) is 13.6. The monoisotopic (exact) mass is 393 g/mol. The number of rotatable bonds is 4. The van der Waals surface area contributed by atoms with Crippen molar-refractivity contribution in [2.24, 2.45) is 5.73 Å². The summed E-state index contributed by atoms with van der Waals surface area (Å²) in [6, 6.07) is 13.1. The van der Waals surface area contributed by atoms with Gasteiger partial charge in [0.2, 0.25) is 5.69 Å². The minimum Gasteiger partial charge on any atom is -0.477 e. The van der Waals surface area contributed by atoms with E-state index in [0.29, 0.717) is 42.6 Å². The van der Waals surface area contributed by atoms with Gasteiger partial charge in [0.1, 0.15) is 4.88 Å². The molecule has 28 heavy (non-hydrogen) atoms. The van der Waals surface area contributed by atoms with Crippen molar-refractivity contribution in [3.8, 4) is 0 Å². The summed E-state index contributed by atoms with van der Waals surface area (Å²) in [4.78, 5) is 17.8. The number of anilines is 1. The van der Waals surface area contributed by atoms with E-state index < -0.39 is 12.0 Å². The number of hydrogen-bond acceptors (Lipinski definition) is 5. The Morgan fingerprint density at radius 2 is 1.93 bits per heavy atom. The van der Waals surface area contributed by atoms with Crippen molar-refractivity contribution < 1.29 is 14.6 Å². The highest BCUT2D eigenvalue weighted by atomic mass is 32.1. The maximum Gasteiger partial charge on any atom is 0.344 e. The van der Waals surface area contributed by atoms with Gasteiger partial charge in [-0.15, -0.1) is 11.3 Å². The topological polar surface area (TPSA) is 80.2 Å². The van der Waals surface area contributed by atoms with Crippen molar-refractivity contribution in [1.29, 1.82) is 0 Å². The van der Waals surface area contributed by atoms with Gasteiger partial charge in [0.25, 0.3) is 0 Å². The summed E-state index contributed by atoms with van der Waals surface area (Å²) < 4.78 is 5.38. The van der Waals surface area contributed by atoms with Crippen LogP contribution in [0.4, 0.5) is 10.7 Å². The number of thiophene rings is 1. The predicted octanol–water partition coefficient (Wildman–Crippen LogP) is 4.03. The van der Waals surface area contributed by atoms with E-state index in [-0.39, 0.29) is 4.88 Å². The van der Waals surface area contributed by atoms with E-state index in [2.05, 4.69) is 4.85 Å². The Balaban J connectivity index is 1.83. The molecule has 1 saturated heterocycles. The van der Waals surface area contributed by atoms with E-state index in [0.717, 1.165) is 27.7 Å². The van der Waals surface area contributed by atoms with E-state index in [1.807, 2.05) is 47.4 Å². The Bertz CT molecular complexity index is 1080. The molecule has 1 unspecified atom stereocenters. The SMILES string of the molecule is [C-]#[N+]c1c(N2CCOCC2)sc(C(=O)O)c1C(N)c1ccc2ccccc2c1. The second-order valence-corrected chi connectivity index (χ2v) is 7.60. The minimum atomic E-state index is -1.05. The molecule has 0 amide bonds. The third-order valence-electron chi connectivity index (χ3n) is 4.95. The van der Waals surface area contributed by atoms with Gasteiger partial charge in [-0.05, 0) is 22.4 Å². The molecule has 6 nitrogen and oxygen atoms in total. The van der Waals surface area contributed by atoms with Gasteiger partial charge < -0.3 is 20.5 Å². The zero-order chi connectivity index (χ0) is 19.7.